The number of aromatic amines is 1. The summed E-state index contributed by atoms with van der Waals surface area (Å²) in [7, 11) is 0. The molecule has 1 aromatic carbocycles. The molecule has 1 aliphatic heterocycles. The number of hydrogen-bond acceptors (Lipinski definition) is 1. The van der Waals surface area contributed by atoms with E-state index in [0.717, 1.165) is 11.9 Å². The van der Waals surface area contributed by atoms with E-state index in [1.165, 1.54) is 6.20 Å². The Morgan fingerprint density at radius 2 is 1.89 bits per heavy atom. The molecule has 1 unspecified atom stereocenters. The second-order valence-corrected chi connectivity index (χ2v) is 5.03. The molecule has 0 bridgehead atoms. The van der Waals surface area contributed by atoms with Gasteiger partial charge >= 0.3 is 6.18 Å². The zero-order chi connectivity index (χ0) is 13.5. The highest BCUT2D eigenvalue weighted by atomic mass is 19.4. The van der Waals surface area contributed by atoms with Gasteiger partial charge in [0.25, 0.3) is 0 Å². The van der Waals surface area contributed by atoms with Crippen LogP contribution in [0.3, 0.4) is 0 Å². The van der Waals surface area contributed by atoms with Crippen LogP contribution in [0.2, 0.25) is 0 Å². The first-order chi connectivity index (χ1) is 9.05. The van der Waals surface area contributed by atoms with Gasteiger partial charge in [-0.05, 0) is 31.9 Å². The first kappa shape index (κ1) is 12.5. The predicted octanol–water partition coefficient (Wildman–Crippen LogP) is 3.70. The lowest BCUT2D eigenvalue weighted by Gasteiger charge is -2.39. The number of aromatic nitrogens is 1. The molecular formula is C14H15F3N2. The summed E-state index contributed by atoms with van der Waals surface area (Å²) in [6.45, 7) is 0.402. The van der Waals surface area contributed by atoms with Crippen molar-refractivity contribution in [1.82, 2.24) is 10.3 Å². The zero-order valence-corrected chi connectivity index (χ0v) is 10.3. The molecule has 0 aliphatic carbocycles. The molecule has 2 N–H and O–H groups in total. The van der Waals surface area contributed by atoms with E-state index in [9.17, 15) is 13.2 Å². The van der Waals surface area contributed by atoms with Crippen molar-refractivity contribution in [2.45, 2.75) is 31.0 Å². The number of fused-ring (bicyclic) bond motifs is 1. The number of nitrogens with one attached hydrogen (secondary N) is 2. The highest BCUT2D eigenvalue weighted by Gasteiger charge is 2.56. The molecule has 2 nitrogen and oxygen atoms in total. The summed E-state index contributed by atoms with van der Waals surface area (Å²) in [5, 5.41) is 3.37. The van der Waals surface area contributed by atoms with Crippen molar-refractivity contribution in [2.24, 2.45) is 0 Å². The lowest BCUT2D eigenvalue weighted by molar-refractivity contribution is -0.207. The Bertz CT molecular complexity index is 580. The fraction of sp³-hybridized carbons (Fsp3) is 0.429. The smallest absolute Gasteiger partial charge is 0.361 e. The number of piperidine rings is 1. The topological polar surface area (TPSA) is 27.8 Å². The first-order valence-corrected chi connectivity index (χ1v) is 6.43. The van der Waals surface area contributed by atoms with E-state index in [1.54, 1.807) is 18.2 Å². The standard InChI is InChI=1S/C14H15F3N2/c15-14(16,17)13(7-3-4-8-19-13)11-9-18-12-6-2-1-5-10(11)12/h1-2,5-6,9,18-19H,3-4,7-8H2. The highest BCUT2D eigenvalue weighted by Crippen LogP contribution is 2.46. The second-order valence-electron chi connectivity index (χ2n) is 5.03. The normalized spacial score (nSPS) is 24.8. The molecule has 19 heavy (non-hydrogen) atoms. The van der Waals surface area contributed by atoms with Crippen LogP contribution < -0.4 is 5.32 Å². The third-order valence-electron chi connectivity index (χ3n) is 3.94. The van der Waals surface area contributed by atoms with Crippen molar-refractivity contribution < 1.29 is 13.2 Å². The third-order valence-corrected chi connectivity index (χ3v) is 3.94. The molecular weight excluding hydrogens is 253 g/mol. The zero-order valence-electron chi connectivity index (χ0n) is 10.3. The summed E-state index contributed by atoms with van der Waals surface area (Å²) >= 11 is 0. The van der Waals surface area contributed by atoms with E-state index >= 15 is 0 Å². The minimum absolute atomic E-state index is 0.0956. The Hall–Kier alpha value is -1.49. The van der Waals surface area contributed by atoms with Gasteiger partial charge in [-0.2, -0.15) is 13.2 Å². The maximum Gasteiger partial charge on any atom is 0.410 e. The summed E-state index contributed by atoms with van der Waals surface area (Å²) < 4.78 is 40.8. The van der Waals surface area contributed by atoms with Gasteiger partial charge in [0.05, 0.1) is 0 Å². The number of para-hydroxylation sites is 1. The van der Waals surface area contributed by atoms with Crippen molar-refractivity contribution in [3.05, 3.63) is 36.0 Å². The Kier molecular flexibility index (Phi) is 2.82. The maximum atomic E-state index is 13.6. The minimum Gasteiger partial charge on any atom is -0.361 e. The molecule has 102 valence electrons. The van der Waals surface area contributed by atoms with Gasteiger partial charge in [-0.25, -0.2) is 0 Å². The SMILES string of the molecule is FC(F)(F)C1(c2c[nH]c3ccccc23)CCCCN1. The van der Waals surface area contributed by atoms with Crippen molar-refractivity contribution in [1.29, 1.82) is 0 Å². The average Bonchev–Trinajstić information content (AvgIpc) is 2.82. The molecule has 1 saturated heterocycles. The molecule has 2 heterocycles. The molecule has 3 rings (SSSR count). The van der Waals surface area contributed by atoms with Gasteiger partial charge in [-0.15, -0.1) is 0 Å². The lowest BCUT2D eigenvalue weighted by atomic mass is 9.81. The summed E-state index contributed by atoms with van der Waals surface area (Å²) in [5.41, 5.74) is -0.853. The van der Waals surface area contributed by atoms with Gasteiger partial charge in [-0.1, -0.05) is 18.2 Å². The number of halogens is 3. The number of rotatable bonds is 1. The second kappa shape index (κ2) is 4.27. The van der Waals surface area contributed by atoms with Crippen LogP contribution in [0.5, 0.6) is 0 Å². The number of benzene rings is 1. The van der Waals surface area contributed by atoms with Crippen molar-refractivity contribution in [3.8, 4) is 0 Å². The van der Waals surface area contributed by atoms with Gasteiger partial charge in [0, 0.05) is 22.7 Å². The molecule has 1 fully saturated rings. The maximum absolute atomic E-state index is 13.6. The molecule has 0 saturated carbocycles. The summed E-state index contributed by atoms with van der Waals surface area (Å²) in [6, 6.07) is 7.13. The number of H-pyrrole nitrogens is 1. The van der Waals surface area contributed by atoms with E-state index in [-0.39, 0.29) is 6.42 Å². The fourth-order valence-electron chi connectivity index (χ4n) is 2.95. The van der Waals surface area contributed by atoms with E-state index in [2.05, 4.69) is 10.3 Å². The van der Waals surface area contributed by atoms with E-state index in [4.69, 9.17) is 0 Å². The van der Waals surface area contributed by atoms with Crippen LogP contribution in [-0.2, 0) is 5.54 Å². The van der Waals surface area contributed by atoms with Crippen LogP contribution >= 0.6 is 0 Å². The van der Waals surface area contributed by atoms with Crippen LogP contribution in [-0.4, -0.2) is 17.7 Å². The number of alkyl halides is 3. The Morgan fingerprint density at radius 3 is 2.58 bits per heavy atom. The van der Waals surface area contributed by atoms with E-state index < -0.39 is 11.7 Å². The summed E-state index contributed by atoms with van der Waals surface area (Å²) in [6.07, 6.45) is -1.32. The van der Waals surface area contributed by atoms with Crippen molar-refractivity contribution in [3.63, 3.8) is 0 Å². The van der Waals surface area contributed by atoms with Gasteiger partial charge in [-0.3, -0.25) is 5.32 Å². The molecule has 1 atom stereocenters. The van der Waals surface area contributed by atoms with Crippen LogP contribution in [0.1, 0.15) is 24.8 Å². The predicted molar refractivity (Wildman–Crippen MR) is 67.9 cm³/mol. The third kappa shape index (κ3) is 1.84. The molecule has 0 spiro atoms. The van der Waals surface area contributed by atoms with Gasteiger partial charge in [0.1, 0.15) is 5.54 Å². The molecule has 1 aromatic heterocycles. The molecule has 5 heteroatoms. The van der Waals surface area contributed by atoms with E-state index in [1.807, 2.05) is 6.07 Å². The van der Waals surface area contributed by atoms with Crippen LogP contribution in [0.25, 0.3) is 10.9 Å². The van der Waals surface area contributed by atoms with Crippen molar-refractivity contribution in [2.75, 3.05) is 6.54 Å². The van der Waals surface area contributed by atoms with Crippen LogP contribution in [0, 0.1) is 0 Å². The Labute approximate surface area is 109 Å². The van der Waals surface area contributed by atoms with E-state index in [0.29, 0.717) is 23.9 Å². The Morgan fingerprint density at radius 1 is 1.11 bits per heavy atom. The lowest BCUT2D eigenvalue weighted by Crippen LogP contribution is -2.56. The number of hydrogen-bond donors (Lipinski definition) is 2. The van der Waals surface area contributed by atoms with Crippen LogP contribution in [0.4, 0.5) is 13.2 Å². The first-order valence-electron chi connectivity index (χ1n) is 6.43. The molecule has 0 amide bonds. The van der Waals surface area contributed by atoms with Crippen LogP contribution in [0.15, 0.2) is 30.5 Å². The van der Waals surface area contributed by atoms with Gasteiger partial charge < -0.3 is 4.98 Å². The molecule has 1 aliphatic rings. The summed E-state index contributed by atoms with van der Waals surface area (Å²) in [5.74, 6) is 0. The summed E-state index contributed by atoms with van der Waals surface area (Å²) in [4.78, 5) is 2.94. The molecule has 2 aromatic rings. The average molecular weight is 268 g/mol. The minimum atomic E-state index is -4.29. The van der Waals surface area contributed by atoms with Gasteiger partial charge in [0.2, 0.25) is 0 Å². The monoisotopic (exact) mass is 268 g/mol. The largest absolute Gasteiger partial charge is 0.410 e. The quantitative estimate of drug-likeness (QED) is 0.811. The molecule has 0 radical (unpaired) electrons. The van der Waals surface area contributed by atoms with Crippen molar-refractivity contribution >= 4 is 10.9 Å². The Balaban J connectivity index is 2.19. The van der Waals surface area contributed by atoms with Gasteiger partial charge in [0.15, 0.2) is 0 Å². The fourth-order valence-corrected chi connectivity index (χ4v) is 2.95. The highest BCUT2D eigenvalue weighted by molar-refractivity contribution is 5.84.